The van der Waals surface area contributed by atoms with Gasteiger partial charge in [0.1, 0.15) is 18.4 Å². The lowest BCUT2D eigenvalue weighted by atomic mass is 9.94. The van der Waals surface area contributed by atoms with Crippen molar-refractivity contribution < 1.29 is 4.74 Å². The van der Waals surface area contributed by atoms with Gasteiger partial charge in [-0.2, -0.15) is 5.11 Å². The van der Waals surface area contributed by atoms with E-state index in [0.717, 1.165) is 33.7 Å². The van der Waals surface area contributed by atoms with Gasteiger partial charge in [0.25, 0.3) is 0 Å². The summed E-state index contributed by atoms with van der Waals surface area (Å²) in [4.78, 5) is 4.67. The quantitative estimate of drug-likeness (QED) is 0.288. The fraction of sp³-hybridized carbons (Fsp3) is 0.222. The van der Waals surface area contributed by atoms with Crippen LogP contribution >= 0.6 is 11.9 Å². The van der Waals surface area contributed by atoms with Gasteiger partial charge in [-0.15, -0.1) is 4.52 Å². The van der Waals surface area contributed by atoms with Crippen molar-refractivity contribution in [3.05, 3.63) is 95.7 Å². The van der Waals surface area contributed by atoms with Gasteiger partial charge >= 0.3 is 0 Å². The van der Waals surface area contributed by atoms with Crippen LogP contribution in [0.15, 0.2) is 88.6 Å². The number of rotatable bonds is 6. The molecule has 0 fully saturated rings. The van der Waals surface area contributed by atoms with E-state index in [-0.39, 0.29) is 6.04 Å². The summed E-state index contributed by atoms with van der Waals surface area (Å²) in [6.45, 7) is 4.97. The molecule has 0 bridgehead atoms. The van der Waals surface area contributed by atoms with Crippen LogP contribution in [0.25, 0.3) is 22.0 Å². The lowest BCUT2D eigenvalue weighted by molar-refractivity contribution is 0.306. The van der Waals surface area contributed by atoms with Crippen molar-refractivity contribution >= 4 is 22.9 Å². The highest BCUT2D eigenvalue weighted by molar-refractivity contribution is 7.98. The Bertz CT molecular complexity index is 1270. The van der Waals surface area contributed by atoms with Crippen molar-refractivity contribution in [2.45, 2.75) is 32.4 Å². The fourth-order valence-electron chi connectivity index (χ4n) is 3.92. The summed E-state index contributed by atoms with van der Waals surface area (Å²) in [5.74, 6) is 2.22. The van der Waals surface area contributed by atoms with E-state index in [1.165, 1.54) is 28.5 Å². The Morgan fingerprint density at radius 1 is 1.00 bits per heavy atom. The number of ether oxygens (including phenoxy) is 1. The third-order valence-corrected chi connectivity index (χ3v) is 6.46. The van der Waals surface area contributed by atoms with Crippen LogP contribution in [0.3, 0.4) is 0 Å². The molecule has 0 N–H and O–H groups in total. The van der Waals surface area contributed by atoms with Crippen molar-refractivity contribution in [3.63, 3.8) is 0 Å². The molecule has 5 rings (SSSR count). The highest BCUT2D eigenvalue weighted by Gasteiger charge is 2.15. The lowest BCUT2D eigenvalue weighted by Gasteiger charge is -2.14. The molecule has 2 heterocycles. The highest BCUT2D eigenvalue weighted by Crippen LogP contribution is 2.33. The van der Waals surface area contributed by atoms with E-state index in [0.29, 0.717) is 12.5 Å². The SMILES string of the molecule is CC(C)c1cc(-c2cccc(OCc3ccc(C4CSN=N4)cc3)c2)c2ncccc2c1. The monoisotopic (exact) mass is 439 g/mol. The zero-order chi connectivity index (χ0) is 21.9. The summed E-state index contributed by atoms with van der Waals surface area (Å²) in [6, 6.07) is 25.6. The van der Waals surface area contributed by atoms with E-state index in [9.17, 15) is 0 Å². The minimum atomic E-state index is 0.177. The maximum Gasteiger partial charge on any atom is 0.120 e. The number of hydrogen-bond donors (Lipinski definition) is 0. The van der Waals surface area contributed by atoms with Crippen molar-refractivity contribution in [3.8, 4) is 16.9 Å². The largest absolute Gasteiger partial charge is 0.489 e. The Hall–Kier alpha value is -3.18. The number of pyridine rings is 1. The molecule has 32 heavy (non-hydrogen) atoms. The van der Waals surface area contributed by atoms with E-state index in [4.69, 9.17) is 4.74 Å². The predicted octanol–water partition coefficient (Wildman–Crippen LogP) is 7.76. The average molecular weight is 440 g/mol. The first-order chi connectivity index (χ1) is 15.7. The predicted molar refractivity (Wildman–Crippen MR) is 132 cm³/mol. The van der Waals surface area contributed by atoms with E-state index < -0.39 is 0 Å². The number of fused-ring (bicyclic) bond motifs is 1. The van der Waals surface area contributed by atoms with Crippen LogP contribution in [0.4, 0.5) is 0 Å². The maximum absolute atomic E-state index is 6.14. The van der Waals surface area contributed by atoms with Gasteiger partial charge in [-0.3, -0.25) is 4.98 Å². The highest BCUT2D eigenvalue weighted by atomic mass is 32.2. The molecule has 3 aromatic carbocycles. The van der Waals surface area contributed by atoms with Gasteiger partial charge in [-0.1, -0.05) is 56.3 Å². The molecule has 0 spiro atoms. The van der Waals surface area contributed by atoms with Gasteiger partial charge in [0, 0.05) is 22.9 Å². The van der Waals surface area contributed by atoms with Gasteiger partial charge in [0.2, 0.25) is 0 Å². The van der Waals surface area contributed by atoms with Crippen LogP contribution in [0.2, 0.25) is 0 Å². The molecule has 0 saturated heterocycles. The van der Waals surface area contributed by atoms with Crippen LogP contribution in [0.1, 0.15) is 42.5 Å². The Morgan fingerprint density at radius 2 is 1.88 bits per heavy atom. The van der Waals surface area contributed by atoms with Crippen LogP contribution in [0.5, 0.6) is 5.75 Å². The molecule has 1 unspecified atom stereocenters. The Balaban J connectivity index is 1.38. The first kappa shape index (κ1) is 20.7. The average Bonchev–Trinajstić information content (AvgIpc) is 3.37. The molecule has 1 aromatic heterocycles. The Labute approximate surface area is 192 Å². The molecule has 0 amide bonds. The molecule has 4 nitrogen and oxygen atoms in total. The van der Waals surface area contributed by atoms with E-state index in [1.807, 2.05) is 24.4 Å². The summed E-state index contributed by atoms with van der Waals surface area (Å²) in [5, 5.41) is 5.42. The van der Waals surface area contributed by atoms with Gasteiger partial charge in [-0.25, -0.2) is 0 Å². The molecule has 1 aliphatic heterocycles. The summed E-state index contributed by atoms with van der Waals surface area (Å²) in [7, 11) is 0. The van der Waals surface area contributed by atoms with Crippen molar-refractivity contribution in [1.82, 2.24) is 4.98 Å². The Kier molecular flexibility index (Phi) is 5.91. The van der Waals surface area contributed by atoms with Crippen molar-refractivity contribution in [2.24, 2.45) is 9.63 Å². The molecule has 160 valence electrons. The van der Waals surface area contributed by atoms with Crippen LogP contribution < -0.4 is 4.74 Å². The first-order valence-corrected chi connectivity index (χ1v) is 11.8. The number of aromatic nitrogens is 1. The minimum absolute atomic E-state index is 0.177. The third-order valence-electron chi connectivity index (χ3n) is 5.79. The number of nitrogens with zero attached hydrogens (tertiary/aromatic N) is 3. The summed E-state index contributed by atoms with van der Waals surface area (Å²) >= 11 is 1.52. The number of hydrogen-bond acceptors (Lipinski definition) is 5. The fourth-order valence-corrected chi connectivity index (χ4v) is 4.56. The van der Waals surface area contributed by atoms with Gasteiger partial charge in [0.15, 0.2) is 0 Å². The van der Waals surface area contributed by atoms with Gasteiger partial charge < -0.3 is 4.74 Å². The van der Waals surface area contributed by atoms with E-state index in [2.05, 4.69) is 83.1 Å². The van der Waals surface area contributed by atoms with Crippen LogP contribution in [0, 0.1) is 0 Å². The van der Waals surface area contributed by atoms with E-state index in [1.54, 1.807) is 0 Å². The zero-order valence-corrected chi connectivity index (χ0v) is 19.0. The first-order valence-electron chi connectivity index (χ1n) is 10.9. The molecule has 1 atom stereocenters. The third kappa shape index (κ3) is 4.39. The smallest absolute Gasteiger partial charge is 0.120 e. The molecule has 0 aliphatic carbocycles. The van der Waals surface area contributed by atoms with Crippen LogP contribution in [-0.4, -0.2) is 10.7 Å². The lowest BCUT2D eigenvalue weighted by Crippen LogP contribution is -1.98. The molecular weight excluding hydrogens is 414 g/mol. The summed E-state index contributed by atoms with van der Waals surface area (Å²) in [6.07, 6.45) is 1.86. The molecule has 0 saturated carbocycles. The summed E-state index contributed by atoms with van der Waals surface area (Å²) < 4.78 is 10.2. The van der Waals surface area contributed by atoms with Crippen molar-refractivity contribution in [1.29, 1.82) is 0 Å². The normalized spacial score (nSPS) is 15.5. The van der Waals surface area contributed by atoms with Crippen molar-refractivity contribution in [2.75, 3.05) is 5.75 Å². The standard InChI is InChI=1S/C27H25N3OS/c1-18(2)23-13-22-6-4-12-28-27(22)25(15-23)21-5-3-7-24(14-21)31-16-19-8-10-20(11-9-19)26-17-32-30-29-26/h3-15,18,26H,16-17H2,1-2H3. The molecular formula is C27H25N3OS. The molecule has 1 aliphatic rings. The summed E-state index contributed by atoms with van der Waals surface area (Å²) in [5.41, 5.74) is 6.93. The molecule has 0 radical (unpaired) electrons. The second-order valence-corrected chi connectivity index (χ2v) is 9.12. The number of benzene rings is 3. The van der Waals surface area contributed by atoms with Gasteiger partial charge in [0.05, 0.1) is 5.52 Å². The van der Waals surface area contributed by atoms with E-state index >= 15 is 0 Å². The Morgan fingerprint density at radius 3 is 2.66 bits per heavy atom. The maximum atomic E-state index is 6.14. The zero-order valence-electron chi connectivity index (χ0n) is 18.2. The van der Waals surface area contributed by atoms with Gasteiger partial charge in [-0.05, 0) is 70.5 Å². The van der Waals surface area contributed by atoms with Crippen LogP contribution in [-0.2, 0) is 6.61 Å². The second kappa shape index (κ2) is 9.13. The minimum Gasteiger partial charge on any atom is -0.489 e. The molecule has 5 heteroatoms. The topological polar surface area (TPSA) is 46.8 Å². The molecule has 4 aromatic rings. The second-order valence-electron chi connectivity index (χ2n) is 8.37.